The molecule has 0 amide bonds. The Morgan fingerprint density at radius 1 is 0.783 bits per heavy atom. The fraction of sp³-hybridized carbons (Fsp3) is 0.762. The smallest absolute Gasteiger partial charge is 0.125 e. The highest BCUT2D eigenvalue weighted by Crippen LogP contribution is 2.03. The third kappa shape index (κ3) is 21.0. The normalized spacial score (nSPS) is 9.30. The van der Waals surface area contributed by atoms with Crippen LogP contribution in [0.4, 0.5) is 5.82 Å². The molecule has 136 valence electrons. The first-order valence-electron chi connectivity index (χ1n) is 9.76. The van der Waals surface area contributed by atoms with Gasteiger partial charge >= 0.3 is 0 Å². The minimum atomic E-state index is 0.926. The lowest BCUT2D eigenvalue weighted by Gasteiger charge is -1.96. The molecule has 0 radical (unpaired) electrons. The number of hydrogen-bond acceptors (Lipinski definition) is 2. The first-order valence-corrected chi connectivity index (χ1v) is 9.76. The molecule has 0 aliphatic carbocycles. The molecule has 0 aliphatic rings. The molecule has 0 aliphatic heterocycles. The maximum atomic E-state index is 4.05. The number of unbranched alkanes of at least 4 members (excludes halogenated alkanes) is 8. The molecule has 0 saturated heterocycles. The van der Waals surface area contributed by atoms with Gasteiger partial charge in [-0.3, -0.25) is 0 Å². The van der Waals surface area contributed by atoms with E-state index in [0.29, 0.717) is 0 Å². The minimum absolute atomic E-state index is 0.926. The van der Waals surface area contributed by atoms with E-state index in [1.807, 2.05) is 26.1 Å². The van der Waals surface area contributed by atoms with Crippen LogP contribution in [0.25, 0.3) is 0 Å². The Morgan fingerprint density at radius 2 is 1.22 bits per heavy atom. The second-order valence-corrected chi connectivity index (χ2v) is 6.09. The zero-order valence-corrected chi connectivity index (χ0v) is 16.8. The van der Waals surface area contributed by atoms with E-state index in [2.05, 4.69) is 38.0 Å². The summed E-state index contributed by atoms with van der Waals surface area (Å²) in [5.41, 5.74) is 1.23. The Hall–Kier alpha value is -1.05. The van der Waals surface area contributed by atoms with E-state index >= 15 is 0 Å². The maximum absolute atomic E-state index is 4.05. The number of pyridine rings is 1. The number of nitrogens with zero attached hydrogens (tertiary/aromatic N) is 1. The molecule has 0 saturated carbocycles. The van der Waals surface area contributed by atoms with Gasteiger partial charge in [0, 0.05) is 13.2 Å². The average molecular weight is 323 g/mol. The van der Waals surface area contributed by atoms with Crippen LogP contribution in [-0.4, -0.2) is 12.0 Å². The molecule has 2 nitrogen and oxygen atoms in total. The molecule has 1 aromatic rings. The lowest BCUT2D eigenvalue weighted by molar-refractivity contribution is 0.656. The van der Waals surface area contributed by atoms with Crippen molar-refractivity contribution in [3.63, 3.8) is 0 Å². The summed E-state index contributed by atoms with van der Waals surface area (Å²) in [6, 6.07) is 3.97. The Labute approximate surface area is 146 Å². The van der Waals surface area contributed by atoms with Crippen LogP contribution < -0.4 is 5.32 Å². The molecule has 1 N–H and O–H groups in total. The number of nitrogens with one attached hydrogen (secondary N) is 1. The number of hydrogen-bond donors (Lipinski definition) is 1. The van der Waals surface area contributed by atoms with Crippen molar-refractivity contribution in [1.82, 2.24) is 4.98 Å². The first kappa shape index (κ1) is 24.2. The summed E-state index contributed by atoms with van der Waals surface area (Å²) in [5.74, 6) is 0.926. The lowest BCUT2D eigenvalue weighted by Crippen LogP contribution is -1.90. The Morgan fingerprint density at radius 3 is 1.48 bits per heavy atom. The van der Waals surface area contributed by atoms with E-state index in [-0.39, 0.29) is 0 Å². The third-order valence-corrected chi connectivity index (χ3v) is 3.59. The van der Waals surface area contributed by atoms with Gasteiger partial charge in [-0.2, -0.15) is 0 Å². The van der Waals surface area contributed by atoms with Gasteiger partial charge in [0.05, 0.1) is 0 Å². The highest BCUT2D eigenvalue weighted by Gasteiger charge is 1.86. The molecule has 1 rings (SSSR count). The van der Waals surface area contributed by atoms with E-state index in [1.54, 1.807) is 6.20 Å². The predicted octanol–water partition coefficient (Wildman–Crippen LogP) is 7.39. The topological polar surface area (TPSA) is 24.9 Å². The Kier molecular flexibility index (Phi) is 22.0. The highest BCUT2D eigenvalue weighted by molar-refractivity contribution is 5.35. The van der Waals surface area contributed by atoms with Crippen LogP contribution in [0.2, 0.25) is 0 Å². The van der Waals surface area contributed by atoms with Gasteiger partial charge < -0.3 is 5.32 Å². The number of rotatable bonds is 9. The molecule has 0 unspecified atom stereocenters. The average Bonchev–Trinajstić information content (AvgIpc) is 2.57. The molecule has 0 fully saturated rings. The zero-order chi connectivity index (χ0) is 17.8. The van der Waals surface area contributed by atoms with Gasteiger partial charge in [-0.1, -0.05) is 91.9 Å². The maximum Gasteiger partial charge on any atom is 0.125 e. The minimum Gasteiger partial charge on any atom is -0.373 e. The van der Waals surface area contributed by atoms with E-state index < -0.39 is 0 Å². The largest absolute Gasteiger partial charge is 0.373 e. The van der Waals surface area contributed by atoms with Crippen molar-refractivity contribution in [2.24, 2.45) is 0 Å². The van der Waals surface area contributed by atoms with Gasteiger partial charge in [0.25, 0.3) is 0 Å². The fourth-order valence-corrected chi connectivity index (χ4v) is 2.03. The summed E-state index contributed by atoms with van der Waals surface area (Å²) in [5, 5.41) is 2.96. The summed E-state index contributed by atoms with van der Waals surface area (Å²) in [7, 11) is 1.86. The second-order valence-electron chi connectivity index (χ2n) is 6.09. The summed E-state index contributed by atoms with van der Waals surface area (Å²) >= 11 is 0. The summed E-state index contributed by atoms with van der Waals surface area (Å²) in [6.07, 6.45) is 15.8. The van der Waals surface area contributed by atoms with Crippen LogP contribution >= 0.6 is 0 Å². The van der Waals surface area contributed by atoms with Crippen LogP contribution in [0.5, 0.6) is 0 Å². The molecule has 1 aromatic heterocycles. The lowest BCUT2D eigenvalue weighted by atomic mass is 10.2. The van der Waals surface area contributed by atoms with E-state index in [0.717, 1.165) is 5.82 Å². The summed E-state index contributed by atoms with van der Waals surface area (Å²) in [4.78, 5) is 4.05. The number of aromatic nitrogens is 1. The monoisotopic (exact) mass is 322 g/mol. The van der Waals surface area contributed by atoms with Crippen LogP contribution in [-0.2, 0) is 0 Å². The molecular formula is C21H42N2. The molecule has 2 heteroatoms. The van der Waals surface area contributed by atoms with E-state index in [1.165, 1.54) is 69.8 Å². The quantitative estimate of drug-likeness (QED) is 0.479. The summed E-state index contributed by atoms with van der Waals surface area (Å²) < 4.78 is 0. The Bertz CT molecular complexity index is 305. The van der Waals surface area contributed by atoms with Crippen molar-refractivity contribution in [3.05, 3.63) is 23.9 Å². The molecular weight excluding hydrogens is 280 g/mol. The number of aryl methyl sites for hydroxylation is 1. The van der Waals surface area contributed by atoms with Gasteiger partial charge in [-0.15, -0.1) is 0 Å². The van der Waals surface area contributed by atoms with Gasteiger partial charge in [0.1, 0.15) is 5.82 Å². The van der Waals surface area contributed by atoms with Gasteiger partial charge in [0.15, 0.2) is 0 Å². The van der Waals surface area contributed by atoms with Crippen molar-refractivity contribution >= 4 is 5.82 Å². The standard InChI is InChI=1S/C7H10N2.2C7H16/c1-6-3-4-9-7(5-6)8-2;2*1-3-5-7-6-4-2/h3-5H,1-2H3,(H,8,9);2*3-7H2,1-2H3. The molecule has 23 heavy (non-hydrogen) atoms. The zero-order valence-electron chi connectivity index (χ0n) is 16.8. The van der Waals surface area contributed by atoms with Crippen molar-refractivity contribution < 1.29 is 0 Å². The van der Waals surface area contributed by atoms with Crippen molar-refractivity contribution in [1.29, 1.82) is 0 Å². The number of anilines is 1. The van der Waals surface area contributed by atoms with E-state index in [4.69, 9.17) is 0 Å². The highest BCUT2D eigenvalue weighted by atomic mass is 14.9. The van der Waals surface area contributed by atoms with Crippen molar-refractivity contribution in [3.8, 4) is 0 Å². The van der Waals surface area contributed by atoms with Crippen LogP contribution in [0.15, 0.2) is 18.3 Å². The van der Waals surface area contributed by atoms with Gasteiger partial charge in [0.2, 0.25) is 0 Å². The van der Waals surface area contributed by atoms with Gasteiger partial charge in [-0.25, -0.2) is 4.98 Å². The fourth-order valence-electron chi connectivity index (χ4n) is 2.03. The van der Waals surface area contributed by atoms with Crippen molar-refractivity contribution in [2.75, 3.05) is 12.4 Å². The van der Waals surface area contributed by atoms with Crippen LogP contribution in [0.3, 0.4) is 0 Å². The van der Waals surface area contributed by atoms with Crippen LogP contribution in [0, 0.1) is 6.92 Å². The molecule has 1 heterocycles. The molecule has 0 aromatic carbocycles. The van der Waals surface area contributed by atoms with Crippen LogP contribution in [0.1, 0.15) is 97.5 Å². The van der Waals surface area contributed by atoms with E-state index in [9.17, 15) is 0 Å². The predicted molar refractivity (Wildman–Crippen MR) is 107 cm³/mol. The Balaban J connectivity index is 0. The summed E-state index contributed by atoms with van der Waals surface area (Å²) in [6.45, 7) is 11.0. The second kappa shape index (κ2) is 20.9. The van der Waals surface area contributed by atoms with Gasteiger partial charge in [-0.05, 0) is 24.6 Å². The van der Waals surface area contributed by atoms with Crippen molar-refractivity contribution in [2.45, 2.75) is 98.8 Å². The molecule has 0 bridgehead atoms. The molecule has 0 spiro atoms. The first-order chi connectivity index (χ1) is 11.2. The third-order valence-electron chi connectivity index (χ3n) is 3.59. The molecule has 0 atom stereocenters. The SMILES string of the molecule is CCCCCCC.CCCCCCC.CNc1cc(C)ccn1.